The number of ether oxygens (including phenoxy) is 4. The molecule has 0 N–H and O–H groups in total. The minimum Gasteiger partial charge on any atom is -0.493 e. The van der Waals surface area contributed by atoms with E-state index in [1.807, 2.05) is 12.1 Å². The monoisotopic (exact) mass is 484 g/mol. The number of rotatable bonds is 6. The van der Waals surface area contributed by atoms with Crippen molar-refractivity contribution in [3.05, 3.63) is 58.7 Å². The molecule has 0 atom stereocenters. The number of esters is 1. The number of fused-ring (bicyclic) bond motifs is 1. The van der Waals surface area contributed by atoms with Crippen LogP contribution in [0.5, 0.6) is 23.0 Å². The molecule has 8 nitrogen and oxygen atoms in total. The van der Waals surface area contributed by atoms with Gasteiger partial charge >= 0.3 is 5.97 Å². The maximum atomic E-state index is 12.9. The van der Waals surface area contributed by atoms with Gasteiger partial charge in [0.1, 0.15) is 17.0 Å². The normalized spacial score (nSPS) is 10.7. The molecule has 31 heavy (non-hydrogen) atoms. The van der Waals surface area contributed by atoms with Gasteiger partial charge in [-0.05, 0) is 46.3 Å². The highest BCUT2D eigenvalue weighted by atomic mass is 79.9. The van der Waals surface area contributed by atoms with E-state index in [0.717, 1.165) is 0 Å². The lowest BCUT2D eigenvalue weighted by Gasteiger charge is -2.16. The highest BCUT2D eigenvalue weighted by Crippen LogP contribution is 2.45. The fourth-order valence-corrected chi connectivity index (χ4v) is 3.62. The number of methoxy groups -OCH3 is 3. The molecule has 0 bridgehead atoms. The van der Waals surface area contributed by atoms with Crippen LogP contribution in [0.2, 0.25) is 0 Å². The number of hydrogen-bond acceptors (Lipinski definition) is 8. The Morgan fingerprint density at radius 1 is 1.00 bits per heavy atom. The third-order valence-corrected chi connectivity index (χ3v) is 5.23. The number of pyridine rings is 1. The fraction of sp³-hybridized carbons (Fsp3) is 0.136. The largest absolute Gasteiger partial charge is 0.493 e. The van der Waals surface area contributed by atoms with E-state index < -0.39 is 5.97 Å². The molecule has 2 aromatic heterocycles. The highest BCUT2D eigenvalue weighted by Gasteiger charge is 2.24. The van der Waals surface area contributed by atoms with Gasteiger partial charge in [-0.1, -0.05) is 6.07 Å². The quantitative estimate of drug-likeness (QED) is 0.281. The van der Waals surface area contributed by atoms with Crippen LogP contribution in [-0.4, -0.2) is 37.3 Å². The third kappa shape index (κ3) is 3.91. The van der Waals surface area contributed by atoms with E-state index in [0.29, 0.717) is 50.2 Å². The summed E-state index contributed by atoms with van der Waals surface area (Å²) in [5, 5.41) is 0. The van der Waals surface area contributed by atoms with Gasteiger partial charge in [-0.15, -0.1) is 0 Å². The van der Waals surface area contributed by atoms with Gasteiger partial charge in [-0.3, -0.25) is 4.98 Å². The first kappa shape index (κ1) is 20.7. The summed E-state index contributed by atoms with van der Waals surface area (Å²) in [6, 6.07) is 11.9. The minimum atomic E-state index is -0.616. The molecule has 0 radical (unpaired) electrons. The molecule has 0 unspecified atom stereocenters. The van der Waals surface area contributed by atoms with Gasteiger partial charge in [-0.2, -0.15) is 0 Å². The van der Waals surface area contributed by atoms with Crippen LogP contribution in [0.1, 0.15) is 10.4 Å². The third-order valence-electron chi connectivity index (χ3n) is 4.44. The van der Waals surface area contributed by atoms with Crippen molar-refractivity contribution in [1.29, 1.82) is 0 Å². The first-order valence-corrected chi connectivity index (χ1v) is 9.87. The molecule has 2 aromatic carbocycles. The van der Waals surface area contributed by atoms with Crippen LogP contribution in [0.4, 0.5) is 0 Å². The van der Waals surface area contributed by atoms with Crippen LogP contribution in [0, 0.1) is 0 Å². The van der Waals surface area contributed by atoms with Crippen molar-refractivity contribution < 1.29 is 28.2 Å². The van der Waals surface area contributed by atoms with Crippen LogP contribution in [-0.2, 0) is 0 Å². The van der Waals surface area contributed by atoms with Crippen LogP contribution in [0.15, 0.2) is 57.6 Å². The molecular formula is C22H17BrN2O6. The summed E-state index contributed by atoms with van der Waals surface area (Å²) >= 11 is 3.38. The molecule has 4 rings (SSSR count). The first-order valence-electron chi connectivity index (χ1n) is 9.08. The summed E-state index contributed by atoms with van der Waals surface area (Å²) < 4.78 is 27.7. The van der Waals surface area contributed by atoms with Crippen LogP contribution in [0.3, 0.4) is 0 Å². The number of aromatic nitrogens is 2. The maximum Gasteiger partial charge on any atom is 0.344 e. The summed E-state index contributed by atoms with van der Waals surface area (Å²) in [6.45, 7) is 0. The van der Waals surface area contributed by atoms with E-state index in [-0.39, 0.29) is 5.56 Å². The predicted octanol–water partition coefficient (Wildman–Crippen LogP) is 4.90. The van der Waals surface area contributed by atoms with Gasteiger partial charge in [0.25, 0.3) is 0 Å². The van der Waals surface area contributed by atoms with Gasteiger partial charge < -0.3 is 23.4 Å². The van der Waals surface area contributed by atoms with Gasteiger partial charge in [-0.25, -0.2) is 9.78 Å². The van der Waals surface area contributed by atoms with E-state index in [1.165, 1.54) is 27.4 Å². The molecule has 0 fully saturated rings. The number of halogens is 1. The fourth-order valence-electron chi connectivity index (χ4n) is 3.00. The second kappa shape index (κ2) is 8.65. The van der Waals surface area contributed by atoms with Gasteiger partial charge in [0.15, 0.2) is 17.1 Å². The van der Waals surface area contributed by atoms with E-state index >= 15 is 0 Å². The van der Waals surface area contributed by atoms with Crippen molar-refractivity contribution in [2.45, 2.75) is 0 Å². The Morgan fingerprint density at radius 2 is 1.81 bits per heavy atom. The average molecular weight is 485 g/mol. The molecule has 0 amide bonds. The van der Waals surface area contributed by atoms with Gasteiger partial charge in [0.2, 0.25) is 11.6 Å². The standard InChI is InChI=1S/C22H17BrN2O6/c1-27-17-11-13(18(23)20(29-3)19(17)28-2)22(26)30-12-7-8-14-16(10-12)31-21(25-14)15-6-4-5-9-24-15/h4-11H,1-3H3. The molecule has 0 aliphatic heterocycles. The number of nitrogens with zero attached hydrogens (tertiary/aromatic N) is 2. The van der Waals surface area contributed by atoms with Crippen molar-refractivity contribution in [3.8, 4) is 34.6 Å². The molecule has 0 saturated heterocycles. The summed E-state index contributed by atoms with van der Waals surface area (Å²) in [6.07, 6.45) is 1.66. The van der Waals surface area contributed by atoms with Crippen LogP contribution in [0.25, 0.3) is 22.7 Å². The zero-order valence-corrected chi connectivity index (χ0v) is 18.4. The first-order chi connectivity index (χ1) is 15.0. The van der Waals surface area contributed by atoms with E-state index in [9.17, 15) is 4.79 Å². The molecule has 0 aliphatic carbocycles. The van der Waals surface area contributed by atoms with E-state index in [2.05, 4.69) is 25.9 Å². The summed E-state index contributed by atoms with van der Waals surface area (Å²) in [4.78, 5) is 21.5. The van der Waals surface area contributed by atoms with Crippen molar-refractivity contribution in [3.63, 3.8) is 0 Å². The maximum absolute atomic E-state index is 12.9. The Hall–Kier alpha value is -3.59. The van der Waals surface area contributed by atoms with E-state index in [4.69, 9.17) is 23.4 Å². The van der Waals surface area contributed by atoms with Crippen LogP contribution < -0.4 is 18.9 Å². The number of hydrogen-bond donors (Lipinski definition) is 0. The highest BCUT2D eigenvalue weighted by molar-refractivity contribution is 9.10. The Labute approximate surface area is 185 Å². The van der Waals surface area contributed by atoms with Crippen LogP contribution >= 0.6 is 15.9 Å². The van der Waals surface area contributed by atoms with E-state index in [1.54, 1.807) is 30.5 Å². The summed E-state index contributed by atoms with van der Waals surface area (Å²) in [5.41, 5.74) is 1.91. The second-order valence-corrected chi connectivity index (χ2v) is 7.05. The number of oxazole rings is 1. The zero-order chi connectivity index (χ0) is 22.0. The molecule has 4 aromatic rings. The number of benzene rings is 2. The lowest BCUT2D eigenvalue weighted by molar-refractivity contribution is 0.0733. The molecule has 0 aliphatic rings. The number of carbonyl (C=O) groups is 1. The lowest BCUT2D eigenvalue weighted by Crippen LogP contribution is -2.11. The van der Waals surface area contributed by atoms with Crippen molar-refractivity contribution in [2.24, 2.45) is 0 Å². The molecule has 158 valence electrons. The molecular weight excluding hydrogens is 468 g/mol. The average Bonchev–Trinajstić information content (AvgIpc) is 3.22. The molecule has 0 saturated carbocycles. The SMILES string of the molecule is COc1cc(C(=O)Oc2ccc3nc(-c4ccccn4)oc3c2)c(Br)c(OC)c1OC. The Balaban J connectivity index is 1.65. The van der Waals surface area contributed by atoms with Crippen molar-refractivity contribution in [1.82, 2.24) is 9.97 Å². The summed E-state index contributed by atoms with van der Waals surface area (Å²) in [7, 11) is 4.42. The second-order valence-electron chi connectivity index (χ2n) is 6.26. The topological polar surface area (TPSA) is 92.9 Å². The molecule has 9 heteroatoms. The zero-order valence-electron chi connectivity index (χ0n) is 16.8. The lowest BCUT2D eigenvalue weighted by atomic mass is 10.2. The van der Waals surface area contributed by atoms with Gasteiger partial charge in [0.05, 0.1) is 31.4 Å². The molecule has 2 heterocycles. The Morgan fingerprint density at radius 3 is 2.48 bits per heavy atom. The minimum absolute atomic E-state index is 0.210. The number of carbonyl (C=O) groups excluding carboxylic acids is 1. The van der Waals surface area contributed by atoms with Crippen molar-refractivity contribution in [2.75, 3.05) is 21.3 Å². The van der Waals surface area contributed by atoms with Gasteiger partial charge in [0, 0.05) is 12.3 Å². The smallest absolute Gasteiger partial charge is 0.344 e. The molecule has 0 spiro atoms. The Kier molecular flexibility index (Phi) is 5.77. The van der Waals surface area contributed by atoms with Crippen molar-refractivity contribution >= 4 is 33.0 Å². The summed E-state index contributed by atoms with van der Waals surface area (Å²) in [5.74, 6) is 1.07. The Bertz CT molecular complexity index is 1260. The predicted molar refractivity (Wildman–Crippen MR) is 116 cm³/mol.